The maximum absolute atomic E-state index is 12.5. The van der Waals surface area contributed by atoms with E-state index in [9.17, 15) is 4.79 Å². The predicted molar refractivity (Wildman–Crippen MR) is 99.1 cm³/mol. The van der Waals surface area contributed by atoms with Crippen LogP contribution < -0.4 is 5.32 Å². The molecule has 1 saturated heterocycles. The van der Waals surface area contributed by atoms with Crippen molar-refractivity contribution in [3.63, 3.8) is 0 Å². The van der Waals surface area contributed by atoms with Crippen molar-refractivity contribution in [1.82, 2.24) is 10.2 Å². The molecule has 1 aliphatic heterocycles. The van der Waals surface area contributed by atoms with E-state index in [-0.39, 0.29) is 17.9 Å². The third-order valence-corrected chi connectivity index (χ3v) is 5.00. The molecule has 1 aromatic carbocycles. The minimum Gasteiger partial charge on any atom is -0.469 e. The summed E-state index contributed by atoms with van der Waals surface area (Å²) >= 11 is 0. The minimum absolute atomic E-state index is 0.151. The summed E-state index contributed by atoms with van der Waals surface area (Å²) in [6, 6.07) is 14.6. The average Bonchev–Trinajstić information content (AvgIpc) is 3.15. The summed E-state index contributed by atoms with van der Waals surface area (Å²) in [6.07, 6.45) is 5.37. The molecule has 0 spiro atoms. The summed E-state index contributed by atoms with van der Waals surface area (Å²) in [5.41, 5.74) is 1.34. The molecule has 25 heavy (non-hydrogen) atoms. The van der Waals surface area contributed by atoms with Crippen LogP contribution in [0.5, 0.6) is 0 Å². The lowest BCUT2D eigenvalue weighted by atomic mass is 9.95. The summed E-state index contributed by atoms with van der Waals surface area (Å²) in [7, 11) is 0. The Balaban J connectivity index is 1.37. The normalized spacial score (nSPS) is 17.3. The number of aryl methyl sites for hydroxylation is 1. The largest absolute Gasteiger partial charge is 0.469 e. The van der Waals surface area contributed by atoms with Crippen LogP contribution in [0.1, 0.15) is 37.5 Å². The minimum atomic E-state index is 0.151. The van der Waals surface area contributed by atoms with Gasteiger partial charge in [-0.3, -0.25) is 9.69 Å². The highest BCUT2D eigenvalue weighted by Gasteiger charge is 2.25. The van der Waals surface area contributed by atoms with Gasteiger partial charge < -0.3 is 9.73 Å². The number of amides is 1. The molecule has 0 bridgehead atoms. The van der Waals surface area contributed by atoms with Crippen molar-refractivity contribution >= 4 is 5.91 Å². The lowest BCUT2D eigenvalue weighted by Gasteiger charge is -2.31. The number of nitrogens with zero attached hydrogens (tertiary/aromatic N) is 1. The molecule has 0 saturated carbocycles. The van der Waals surface area contributed by atoms with E-state index in [1.54, 1.807) is 6.26 Å². The fraction of sp³-hybridized carbons (Fsp3) is 0.476. The third-order valence-electron chi connectivity index (χ3n) is 5.00. The number of rotatable bonds is 7. The summed E-state index contributed by atoms with van der Waals surface area (Å²) < 4.78 is 5.35. The average molecular weight is 340 g/mol. The number of likely N-dealkylation sites (tertiary alicyclic amines) is 1. The van der Waals surface area contributed by atoms with Gasteiger partial charge in [0, 0.05) is 24.9 Å². The number of carbonyl (C=O) groups is 1. The molecule has 1 aromatic heterocycles. The molecule has 2 aromatic rings. The fourth-order valence-corrected chi connectivity index (χ4v) is 3.44. The van der Waals surface area contributed by atoms with Gasteiger partial charge in [-0.1, -0.05) is 30.3 Å². The molecule has 4 heteroatoms. The Morgan fingerprint density at radius 3 is 2.64 bits per heavy atom. The first kappa shape index (κ1) is 17.7. The molecule has 1 amide bonds. The zero-order chi connectivity index (χ0) is 17.5. The van der Waals surface area contributed by atoms with Crippen molar-refractivity contribution in [3.05, 3.63) is 60.1 Å². The molecule has 0 unspecified atom stereocenters. The van der Waals surface area contributed by atoms with Gasteiger partial charge in [-0.15, -0.1) is 0 Å². The van der Waals surface area contributed by atoms with Crippen LogP contribution in [0, 0.1) is 5.92 Å². The van der Waals surface area contributed by atoms with Gasteiger partial charge in [0.2, 0.25) is 5.91 Å². The number of piperidine rings is 1. The molecule has 1 atom stereocenters. The van der Waals surface area contributed by atoms with Gasteiger partial charge >= 0.3 is 0 Å². The highest BCUT2D eigenvalue weighted by Crippen LogP contribution is 2.19. The van der Waals surface area contributed by atoms with Crippen molar-refractivity contribution < 1.29 is 9.21 Å². The Bertz CT molecular complexity index is 631. The van der Waals surface area contributed by atoms with Crippen molar-refractivity contribution in [1.29, 1.82) is 0 Å². The van der Waals surface area contributed by atoms with Gasteiger partial charge in [0.05, 0.1) is 6.26 Å². The Kier molecular flexibility index (Phi) is 6.29. The SMILES string of the molecule is C[C@H](CCc1ccco1)NC(=O)C1CCN(Cc2ccccc2)CC1. The smallest absolute Gasteiger partial charge is 0.223 e. The van der Waals surface area contributed by atoms with E-state index >= 15 is 0 Å². The third kappa shape index (κ3) is 5.46. The molecule has 2 heterocycles. The van der Waals surface area contributed by atoms with Gasteiger partial charge in [0.1, 0.15) is 5.76 Å². The van der Waals surface area contributed by atoms with Gasteiger partial charge in [-0.05, 0) is 57.0 Å². The topological polar surface area (TPSA) is 45.5 Å². The molecule has 4 nitrogen and oxygen atoms in total. The van der Waals surface area contributed by atoms with E-state index in [2.05, 4.69) is 41.4 Å². The second kappa shape index (κ2) is 8.86. The number of benzene rings is 1. The maximum atomic E-state index is 12.5. The van der Waals surface area contributed by atoms with Crippen molar-refractivity contribution in [3.8, 4) is 0 Å². The summed E-state index contributed by atoms with van der Waals surface area (Å²) in [6.45, 7) is 5.04. The van der Waals surface area contributed by atoms with Crippen LogP contribution in [-0.2, 0) is 17.8 Å². The molecular weight excluding hydrogens is 312 g/mol. The number of carbonyl (C=O) groups excluding carboxylic acids is 1. The van der Waals surface area contributed by atoms with Gasteiger partial charge in [0.15, 0.2) is 0 Å². The van der Waals surface area contributed by atoms with Crippen LogP contribution in [0.15, 0.2) is 53.1 Å². The standard InChI is InChI=1S/C21H28N2O2/c1-17(9-10-20-8-5-15-25-20)22-21(24)19-11-13-23(14-12-19)16-18-6-3-2-4-7-18/h2-8,15,17,19H,9-14,16H2,1H3,(H,22,24)/t17-/m1/s1. The van der Waals surface area contributed by atoms with E-state index in [0.29, 0.717) is 0 Å². The lowest BCUT2D eigenvalue weighted by molar-refractivity contribution is -0.127. The van der Waals surface area contributed by atoms with Crippen molar-refractivity contribution in [2.24, 2.45) is 5.92 Å². The van der Waals surface area contributed by atoms with Crippen LogP contribution in [0.2, 0.25) is 0 Å². The van der Waals surface area contributed by atoms with Crippen LogP contribution in [0.25, 0.3) is 0 Å². The molecule has 1 aliphatic rings. The number of hydrogen-bond acceptors (Lipinski definition) is 3. The number of hydrogen-bond donors (Lipinski definition) is 1. The van der Waals surface area contributed by atoms with E-state index in [1.807, 2.05) is 18.2 Å². The first-order valence-corrected chi connectivity index (χ1v) is 9.30. The second-order valence-electron chi connectivity index (χ2n) is 7.06. The Hall–Kier alpha value is -2.07. The summed E-state index contributed by atoms with van der Waals surface area (Å²) in [4.78, 5) is 14.9. The quantitative estimate of drug-likeness (QED) is 0.837. The first-order chi connectivity index (χ1) is 12.2. The van der Waals surface area contributed by atoms with E-state index < -0.39 is 0 Å². The van der Waals surface area contributed by atoms with E-state index in [0.717, 1.165) is 51.1 Å². The zero-order valence-electron chi connectivity index (χ0n) is 15.0. The highest BCUT2D eigenvalue weighted by atomic mass is 16.3. The highest BCUT2D eigenvalue weighted by molar-refractivity contribution is 5.79. The monoisotopic (exact) mass is 340 g/mol. The van der Waals surface area contributed by atoms with Crippen LogP contribution >= 0.6 is 0 Å². The number of furan rings is 1. The Morgan fingerprint density at radius 2 is 1.96 bits per heavy atom. The van der Waals surface area contributed by atoms with Gasteiger partial charge in [-0.25, -0.2) is 0 Å². The van der Waals surface area contributed by atoms with Crippen LogP contribution in [0.3, 0.4) is 0 Å². The van der Waals surface area contributed by atoms with Gasteiger partial charge in [0.25, 0.3) is 0 Å². The van der Waals surface area contributed by atoms with Crippen molar-refractivity contribution in [2.45, 2.75) is 45.2 Å². The Morgan fingerprint density at radius 1 is 1.20 bits per heavy atom. The van der Waals surface area contributed by atoms with E-state index in [4.69, 9.17) is 4.42 Å². The molecular formula is C21H28N2O2. The Labute approximate surface area is 150 Å². The molecule has 1 fully saturated rings. The summed E-state index contributed by atoms with van der Waals surface area (Å²) in [5, 5.41) is 3.18. The molecule has 1 N–H and O–H groups in total. The molecule has 0 radical (unpaired) electrons. The van der Waals surface area contributed by atoms with Crippen LogP contribution in [-0.4, -0.2) is 29.9 Å². The second-order valence-corrected chi connectivity index (χ2v) is 7.06. The zero-order valence-corrected chi connectivity index (χ0v) is 15.0. The lowest BCUT2D eigenvalue weighted by Crippen LogP contribution is -2.43. The predicted octanol–water partition coefficient (Wildman–Crippen LogP) is 3.63. The number of nitrogens with one attached hydrogen (secondary N) is 1. The van der Waals surface area contributed by atoms with Crippen LogP contribution in [0.4, 0.5) is 0 Å². The molecule has 0 aliphatic carbocycles. The van der Waals surface area contributed by atoms with Gasteiger partial charge in [-0.2, -0.15) is 0 Å². The summed E-state index contributed by atoms with van der Waals surface area (Å²) in [5.74, 6) is 1.35. The molecule has 134 valence electrons. The van der Waals surface area contributed by atoms with E-state index in [1.165, 1.54) is 5.56 Å². The van der Waals surface area contributed by atoms with Crippen molar-refractivity contribution in [2.75, 3.05) is 13.1 Å². The molecule has 3 rings (SSSR count). The first-order valence-electron chi connectivity index (χ1n) is 9.30. The maximum Gasteiger partial charge on any atom is 0.223 e. The fourth-order valence-electron chi connectivity index (χ4n) is 3.44.